The summed E-state index contributed by atoms with van der Waals surface area (Å²) in [5.41, 5.74) is 2.28. The predicted molar refractivity (Wildman–Crippen MR) is 106 cm³/mol. The zero-order valence-electron chi connectivity index (χ0n) is 15.7. The van der Waals surface area contributed by atoms with Gasteiger partial charge in [0.2, 0.25) is 0 Å². The van der Waals surface area contributed by atoms with E-state index in [4.69, 9.17) is 0 Å². The van der Waals surface area contributed by atoms with Crippen molar-refractivity contribution in [3.8, 4) is 0 Å². The van der Waals surface area contributed by atoms with Gasteiger partial charge in [0, 0.05) is 19.0 Å². The summed E-state index contributed by atoms with van der Waals surface area (Å²) in [6, 6.07) is 17.0. The SMILES string of the molecule is OC(c1ccccc1)C1CNCC1CN1CCC(c2ccc(F)cc2)CC1. The number of hydrogen-bond acceptors (Lipinski definition) is 3. The van der Waals surface area contributed by atoms with E-state index in [1.807, 2.05) is 42.5 Å². The van der Waals surface area contributed by atoms with Crippen LogP contribution in [0.1, 0.15) is 36.0 Å². The van der Waals surface area contributed by atoms with Crippen LogP contribution in [0.4, 0.5) is 4.39 Å². The van der Waals surface area contributed by atoms with Crippen molar-refractivity contribution in [3.63, 3.8) is 0 Å². The van der Waals surface area contributed by atoms with Crippen LogP contribution < -0.4 is 5.32 Å². The molecule has 0 amide bonds. The molecule has 2 aromatic rings. The van der Waals surface area contributed by atoms with Crippen LogP contribution in [0.15, 0.2) is 54.6 Å². The second kappa shape index (κ2) is 8.51. The monoisotopic (exact) mass is 368 g/mol. The van der Waals surface area contributed by atoms with Gasteiger partial charge in [-0.3, -0.25) is 0 Å². The van der Waals surface area contributed by atoms with Crippen molar-refractivity contribution in [3.05, 3.63) is 71.5 Å². The smallest absolute Gasteiger partial charge is 0.123 e. The molecule has 3 unspecified atom stereocenters. The maximum absolute atomic E-state index is 13.1. The Hall–Kier alpha value is -1.75. The molecule has 3 nitrogen and oxygen atoms in total. The van der Waals surface area contributed by atoms with Crippen LogP contribution in [-0.4, -0.2) is 42.7 Å². The zero-order chi connectivity index (χ0) is 18.6. The highest BCUT2D eigenvalue weighted by molar-refractivity contribution is 5.21. The maximum atomic E-state index is 13.1. The Morgan fingerprint density at radius 3 is 2.41 bits per heavy atom. The fourth-order valence-electron chi connectivity index (χ4n) is 4.74. The normalized spacial score (nSPS) is 25.6. The molecule has 0 aliphatic carbocycles. The van der Waals surface area contributed by atoms with Crippen LogP contribution in [0.3, 0.4) is 0 Å². The van der Waals surface area contributed by atoms with Crippen molar-refractivity contribution in [2.45, 2.75) is 24.9 Å². The maximum Gasteiger partial charge on any atom is 0.123 e. The number of benzene rings is 2. The zero-order valence-corrected chi connectivity index (χ0v) is 15.7. The lowest BCUT2D eigenvalue weighted by molar-refractivity contribution is 0.0750. The molecule has 2 saturated heterocycles. The molecule has 0 spiro atoms. The molecule has 0 aromatic heterocycles. The number of nitrogens with one attached hydrogen (secondary N) is 1. The molecule has 0 radical (unpaired) electrons. The van der Waals surface area contributed by atoms with Crippen molar-refractivity contribution in [2.24, 2.45) is 11.8 Å². The van der Waals surface area contributed by atoms with E-state index in [0.29, 0.717) is 11.8 Å². The number of rotatable bonds is 5. The number of hydrogen-bond donors (Lipinski definition) is 2. The fraction of sp³-hybridized carbons (Fsp3) is 0.478. The first kappa shape index (κ1) is 18.6. The Bertz CT molecular complexity index is 713. The second-order valence-electron chi connectivity index (χ2n) is 8.06. The quantitative estimate of drug-likeness (QED) is 0.847. The van der Waals surface area contributed by atoms with E-state index in [2.05, 4.69) is 10.2 Å². The van der Waals surface area contributed by atoms with Crippen LogP contribution in [0.5, 0.6) is 0 Å². The highest BCUT2D eigenvalue weighted by Crippen LogP contribution is 2.33. The van der Waals surface area contributed by atoms with Gasteiger partial charge >= 0.3 is 0 Å². The summed E-state index contributed by atoms with van der Waals surface area (Å²) in [5, 5.41) is 14.3. The first-order valence-electron chi connectivity index (χ1n) is 10.1. The van der Waals surface area contributed by atoms with E-state index in [-0.39, 0.29) is 11.7 Å². The minimum Gasteiger partial charge on any atom is -0.388 e. The Morgan fingerprint density at radius 2 is 1.70 bits per heavy atom. The second-order valence-corrected chi connectivity index (χ2v) is 8.06. The van der Waals surface area contributed by atoms with E-state index >= 15 is 0 Å². The third-order valence-electron chi connectivity index (χ3n) is 6.36. The highest BCUT2D eigenvalue weighted by atomic mass is 19.1. The van der Waals surface area contributed by atoms with E-state index in [1.165, 1.54) is 5.56 Å². The number of piperidine rings is 1. The molecule has 2 heterocycles. The van der Waals surface area contributed by atoms with Crippen molar-refractivity contribution >= 4 is 0 Å². The molecule has 2 aliphatic rings. The van der Waals surface area contributed by atoms with E-state index in [9.17, 15) is 9.50 Å². The topological polar surface area (TPSA) is 35.5 Å². The van der Waals surface area contributed by atoms with Gasteiger partial charge in [0.15, 0.2) is 0 Å². The summed E-state index contributed by atoms with van der Waals surface area (Å²) < 4.78 is 13.1. The van der Waals surface area contributed by atoms with Gasteiger partial charge in [-0.15, -0.1) is 0 Å². The van der Waals surface area contributed by atoms with Gasteiger partial charge < -0.3 is 15.3 Å². The summed E-state index contributed by atoms with van der Waals surface area (Å²) in [6.07, 6.45) is 1.85. The van der Waals surface area contributed by atoms with Crippen molar-refractivity contribution < 1.29 is 9.50 Å². The van der Waals surface area contributed by atoms with Gasteiger partial charge in [0.05, 0.1) is 6.10 Å². The van der Waals surface area contributed by atoms with Crippen LogP contribution in [-0.2, 0) is 0 Å². The van der Waals surface area contributed by atoms with E-state index in [0.717, 1.165) is 51.1 Å². The third-order valence-corrected chi connectivity index (χ3v) is 6.36. The molecule has 2 fully saturated rings. The number of likely N-dealkylation sites (tertiary alicyclic amines) is 1. The lowest BCUT2D eigenvalue weighted by atomic mass is 9.85. The van der Waals surface area contributed by atoms with Crippen LogP contribution in [0, 0.1) is 17.7 Å². The molecule has 27 heavy (non-hydrogen) atoms. The van der Waals surface area contributed by atoms with Gasteiger partial charge in [-0.1, -0.05) is 42.5 Å². The van der Waals surface area contributed by atoms with Crippen LogP contribution in [0.2, 0.25) is 0 Å². The number of nitrogens with zero attached hydrogens (tertiary/aromatic N) is 1. The summed E-state index contributed by atoms with van der Waals surface area (Å²) in [7, 11) is 0. The number of aliphatic hydroxyl groups is 1. The van der Waals surface area contributed by atoms with Crippen molar-refractivity contribution in [1.82, 2.24) is 10.2 Å². The molecule has 4 heteroatoms. The summed E-state index contributed by atoms with van der Waals surface area (Å²) in [6.45, 7) is 5.05. The van der Waals surface area contributed by atoms with Crippen LogP contribution in [0.25, 0.3) is 0 Å². The average Bonchev–Trinajstić information content (AvgIpc) is 3.17. The lowest BCUT2D eigenvalue weighted by Crippen LogP contribution is -2.39. The van der Waals surface area contributed by atoms with Gasteiger partial charge in [0.25, 0.3) is 0 Å². The lowest BCUT2D eigenvalue weighted by Gasteiger charge is -2.35. The molecule has 4 rings (SSSR count). The molecule has 0 saturated carbocycles. The highest BCUT2D eigenvalue weighted by Gasteiger charge is 2.35. The molecule has 3 atom stereocenters. The van der Waals surface area contributed by atoms with E-state index < -0.39 is 6.10 Å². The largest absolute Gasteiger partial charge is 0.388 e. The Balaban J connectivity index is 1.32. The number of aliphatic hydroxyl groups excluding tert-OH is 1. The molecule has 0 bridgehead atoms. The Morgan fingerprint density at radius 1 is 1.00 bits per heavy atom. The first-order valence-corrected chi connectivity index (χ1v) is 10.1. The third kappa shape index (κ3) is 4.40. The van der Waals surface area contributed by atoms with E-state index in [1.54, 1.807) is 12.1 Å². The first-order chi connectivity index (χ1) is 13.2. The van der Waals surface area contributed by atoms with Crippen molar-refractivity contribution in [2.75, 3.05) is 32.7 Å². The summed E-state index contributed by atoms with van der Waals surface area (Å²) >= 11 is 0. The average molecular weight is 368 g/mol. The molecule has 2 aliphatic heterocycles. The molecule has 2 aromatic carbocycles. The standard InChI is InChI=1S/C23H29FN2O/c24-21-8-6-17(7-9-21)18-10-12-26(13-11-18)16-20-14-25-15-22(20)23(27)19-4-2-1-3-5-19/h1-9,18,20,22-23,25,27H,10-16H2. The Kier molecular flexibility index (Phi) is 5.86. The fourth-order valence-corrected chi connectivity index (χ4v) is 4.74. The Labute approximate surface area is 161 Å². The number of halogens is 1. The molecular formula is C23H29FN2O. The van der Waals surface area contributed by atoms with Gasteiger partial charge in [0.1, 0.15) is 5.82 Å². The van der Waals surface area contributed by atoms with Crippen LogP contribution >= 0.6 is 0 Å². The van der Waals surface area contributed by atoms with Gasteiger partial charge in [-0.2, -0.15) is 0 Å². The minimum atomic E-state index is -0.400. The summed E-state index contributed by atoms with van der Waals surface area (Å²) in [4.78, 5) is 2.54. The minimum absolute atomic E-state index is 0.159. The summed E-state index contributed by atoms with van der Waals surface area (Å²) in [5.74, 6) is 1.12. The van der Waals surface area contributed by atoms with Gasteiger partial charge in [-0.25, -0.2) is 4.39 Å². The molecule has 2 N–H and O–H groups in total. The van der Waals surface area contributed by atoms with Crippen molar-refractivity contribution in [1.29, 1.82) is 0 Å². The predicted octanol–water partition coefficient (Wildman–Crippen LogP) is 3.57. The van der Waals surface area contributed by atoms with Gasteiger partial charge in [-0.05, 0) is 67.6 Å². The molecule has 144 valence electrons. The molecular weight excluding hydrogens is 339 g/mol.